The van der Waals surface area contributed by atoms with E-state index in [0.717, 1.165) is 25.7 Å². The van der Waals surface area contributed by atoms with E-state index in [-0.39, 0.29) is 23.5 Å². The minimum atomic E-state index is -0.338. The summed E-state index contributed by atoms with van der Waals surface area (Å²) in [5.74, 6) is 0.573. The first-order valence-electron chi connectivity index (χ1n) is 7.22. The first-order valence-corrected chi connectivity index (χ1v) is 7.22. The fourth-order valence-corrected chi connectivity index (χ4v) is 3.06. The van der Waals surface area contributed by atoms with E-state index in [4.69, 9.17) is 15.2 Å². The van der Waals surface area contributed by atoms with Crippen molar-refractivity contribution in [3.8, 4) is 0 Å². The molecule has 0 spiro atoms. The molecule has 1 heterocycles. The normalized spacial score (nSPS) is 39.2. The van der Waals surface area contributed by atoms with E-state index in [1.54, 1.807) is 7.11 Å². The van der Waals surface area contributed by atoms with Gasteiger partial charge in [-0.05, 0) is 25.2 Å². The third kappa shape index (κ3) is 3.46. The molecule has 0 bridgehead atoms. The number of nitrogens with one attached hydrogen (secondary N) is 1. The summed E-state index contributed by atoms with van der Waals surface area (Å²) in [6.45, 7) is 3.93. The maximum Gasteiger partial charge on any atom is 0.223 e. The quantitative estimate of drug-likeness (QED) is 0.787. The number of ether oxygens (including phenoxy) is 2. The van der Waals surface area contributed by atoms with Crippen molar-refractivity contribution in [2.24, 2.45) is 17.6 Å². The van der Waals surface area contributed by atoms with Crippen LogP contribution in [0.15, 0.2) is 0 Å². The Morgan fingerprint density at radius 3 is 2.95 bits per heavy atom. The highest BCUT2D eigenvalue weighted by atomic mass is 16.5. The molecule has 0 radical (unpaired) electrons. The lowest BCUT2D eigenvalue weighted by Crippen LogP contribution is -2.48. The van der Waals surface area contributed by atoms with Crippen LogP contribution in [0.3, 0.4) is 0 Å². The second kappa shape index (κ2) is 6.20. The number of methoxy groups -OCH3 is 1. The standard InChI is InChI=1S/C14H26N2O3/c1-10-3-4-11(15)7-12(10)13(17)16-8-14(18-2)5-6-19-9-14/h10-12H,3-9,15H2,1-2H3,(H,16,17). The molecule has 1 saturated carbocycles. The van der Waals surface area contributed by atoms with E-state index in [1.165, 1.54) is 0 Å². The summed E-state index contributed by atoms with van der Waals surface area (Å²) < 4.78 is 10.9. The molecule has 4 atom stereocenters. The lowest BCUT2D eigenvalue weighted by atomic mass is 9.77. The molecule has 3 N–H and O–H groups in total. The van der Waals surface area contributed by atoms with Gasteiger partial charge >= 0.3 is 0 Å². The van der Waals surface area contributed by atoms with Crippen LogP contribution in [0.5, 0.6) is 0 Å². The third-order valence-electron chi connectivity index (χ3n) is 4.66. The molecule has 1 amide bonds. The Morgan fingerprint density at radius 1 is 1.53 bits per heavy atom. The number of carbonyl (C=O) groups is 1. The molecular formula is C14H26N2O3. The minimum Gasteiger partial charge on any atom is -0.378 e. The van der Waals surface area contributed by atoms with Gasteiger partial charge in [0.1, 0.15) is 5.60 Å². The molecule has 0 aromatic heterocycles. The SMILES string of the molecule is COC1(CNC(=O)C2CC(N)CCC2C)CCOC1. The Bertz CT molecular complexity index is 316. The molecule has 2 aliphatic rings. The molecule has 1 aliphatic heterocycles. The van der Waals surface area contributed by atoms with E-state index in [2.05, 4.69) is 12.2 Å². The fraction of sp³-hybridized carbons (Fsp3) is 0.929. The molecule has 1 saturated heterocycles. The number of carbonyl (C=O) groups excluding carboxylic acids is 1. The van der Waals surface area contributed by atoms with Crippen LogP contribution in [0.4, 0.5) is 0 Å². The zero-order valence-electron chi connectivity index (χ0n) is 12.0. The predicted octanol–water partition coefficient (Wildman–Crippen LogP) is 0.672. The van der Waals surface area contributed by atoms with Crippen LogP contribution in [-0.2, 0) is 14.3 Å². The van der Waals surface area contributed by atoms with Crippen molar-refractivity contribution in [1.82, 2.24) is 5.32 Å². The zero-order valence-corrected chi connectivity index (χ0v) is 12.0. The van der Waals surface area contributed by atoms with Gasteiger partial charge in [0.2, 0.25) is 5.91 Å². The fourth-order valence-electron chi connectivity index (χ4n) is 3.06. The van der Waals surface area contributed by atoms with Crippen LogP contribution >= 0.6 is 0 Å². The first-order chi connectivity index (χ1) is 9.06. The van der Waals surface area contributed by atoms with Crippen molar-refractivity contribution in [2.75, 3.05) is 26.9 Å². The van der Waals surface area contributed by atoms with Crippen molar-refractivity contribution in [3.63, 3.8) is 0 Å². The van der Waals surface area contributed by atoms with Gasteiger partial charge in [-0.3, -0.25) is 4.79 Å². The molecule has 0 aromatic rings. The van der Waals surface area contributed by atoms with Gasteiger partial charge in [0.05, 0.1) is 6.61 Å². The van der Waals surface area contributed by atoms with E-state index in [9.17, 15) is 4.79 Å². The average Bonchev–Trinajstić information content (AvgIpc) is 2.88. The molecule has 1 aliphatic carbocycles. The number of amides is 1. The Hall–Kier alpha value is -0.650. The van der Waals surface area contributed by atoms with Gasteiger partial charge in [0.15, 0.2) is 0 Å². The van der Waals surface area contributed by atoms with Crippen molar-refractivity contribution in [2.45, 2.75) is 44.2 Å². The van der Waals surface area contributed by atoms with Crippen LogP contribution in [0.2, 0.25) is 0 Å². The second-order valence-corrected chi connectivity index (χ2v) is 6.06. The van der Waals surface area contributed by atoms with Crippen molar-refractivity contribution < 1.29 is 14.3 Å². The molecule has 2 fully saturated rings. The van der Waals surface area contributed by atoms with Crippen LogP contribution in [0.25, 0.3) is 0 Å². The molecular weight excluding hydrogens is 244 g/mol. The molecule has 19 heavy (non-hydrogen) atoms. The zero-order chi connectivity index (χ0) is 13.9. The smallest absolute Gasteiger partial charge is 0.223 e. The Kier molecular flexibility index (Phi) is 4.81. The highest BCUT2D eigenvalue weighted by Crippen LogP contribution is 2.29. The molecule has 0 aromatic carbocycles. The highest BCUT2D eigenvalue weighted by Gasteiger charge is 2.37. The molecule has 110 valence electrons. The highest BCUT2D eigenvalue weighted by molar-refractivity contribution is 5.79. The summed E-state index contributed by atoms with van der Waals surface area (Å²) >= 11 is 0. The van der Waals surface area contributed by atoms with Gasteiger partial charge in [-0.15, -0.1) is 0 Å². The van der Waals surface area contributed by atoms with Gasteiger partial charge < -0.3 is 20.5 Å². The monoisotopic (exact) mass is 270 g/mol. The van der Waals surface area contributed by atoms with Crippen LogP contribution in [0, 0.1) is 11.8 Å². The Labute approximate surface area is 115 Å². The minimum absolute atomic E-state index is 0.0416. The molecule has 4 unspecified atom stereocenters. The van der Waals surface area contributed by atoms with E-state index in [1.807, 2.05) is 0 Å². The first kappa shape index (κ1) is 14.8. The Morgan fingerprint density at radius 2 is 2.32 bits per heavy atom. The van der Waals surface area contributed by atoms with Gasteiger partial charge in [-0.1, -0.05) is 6.92 Å². The number of hydrogen-bond acceptors (Lipinski definition) is 4. The number of rotatable bonds is 4. The summed E-state index contributed by atoms with van der Waals surface area (Å²) in [5.41, 5.74) is 5.63. The van der Waals surface area contributed by atoms with Crippen molar-refractivity contribution in [3.05, 3.63) is 0 Å². The van der Waals surface area contributed by atoms with Gasteiger partial charge in [-0.25, -0.2) is 0 Å². The summed E-state index contributed by atoms with van der Waals surface area (Å²) in [6, 6.07) is 0.165. The van der Waals surface area contributed by atoms with E-state index in [0.29, 0.717) is 25.7 Å². The summed E-state index contributed by atoms with van der Waals surface area (Å²) in [6.07, 6.45) is 3.70. The van der Waals surface area contributed by atoms with Gasteiger partial charge in [0.25, 0.3) is 0 Å². The molecule has 5 nitrogen and oxygen atoms in total. The Balaban J connectivity index is 1.86. The van der Waals surface area contributed by atoms with Crippen LogP contribution in [0.1, 0.15) is 32.6 Å². The summed E-state index contributed by atoms with van der Waals surface area (Å²) in [7, 11) is 1.68. The second-order valence-electron chi connectivity index (χ2n) is 6.06. The lowest BCUT2D eigenvalue weighted by Gasteiger charge is -2.33. The largest absolute Gasteiger partial charge is 0.378 e. The van der Waals surface area contributed by atoms with Crippen LogP contribution in [-0.4, -0.2) is 44.4 Å². The van der Waals surface area contributed by atoms with Crippen molar-refractivity contribution >= 4 is 5.91 Å². The van der Waals surface area contributed by atoms with E-state index < -0.39 is 0 Å². The van der Waals surface area contributed by atoms with Gasteiger partial charge in [-0.2, -0.15) is 0 Å². The van der Waals surface area contributed by atoms with E-state index >= 15 is 0 Å². The van der Waals surface area contributed by atoms with Gasteiger partial charge in [0, 0.05) is 38.6 Å². The third-order valence-corrected chi connectivity index (χ3v) is 4.66. The molecule has 5 heteroatoms. The average molecular weight is 270 g/mol. The topological polar surface area (TPSA) is 73.6 Å². The van der Waals surface area contributed by atoms with Crippen molar-refractivity contribution in [1.29, 1.82) is 0 Å². The lowest BCUT2D eigenvalue weighted by molar-refractivity contribution is -0.129. The van der Waals surface area contributed by atoms with Crippen LogP contribution < -0.4 is 11.1 Å². The predicted molar refractivity (Wildman–Crippen MR) is 72.7 cm³/mol. The summed E-state index contributed by atoms with van der Waals surface area (Å²) in [5, 5.41) is 3.04. The number of hydrogen-bond donors (Lipinski definition) is 2. The molecule has 2 rings (SSSR count). The maximum atomic E-state index is 12.3. The maximum absolute atomic E-state index is 12.3. The summed E-state index contributed by atoms with van der Waals surface area (Å²) in [4.78, 5) is 12.3. The number of nitrogens with two attached hydrogens (primary N) is 1.